The summed E-state index contributed by atoms with van der Waals surface area (Å²) in [6.45, 7) is 2.14. The topological polar surface area (TPSA) is 89.8 Å². The zero-order valence-corrected chi connectivity index (χ0v) is 18.8. The first-order valence-electron chi connectivity index (χ1n) is 11.0. The maximum atomic E-state index is 13.3. The molecule has 2 heterocycles. The highest BCUT2D eigenvalue weighted by Crippen LogP contribution is 2.26. The maximum absolute atomic E-state index is 13.3. The molecule has 7 nitrogen and oxygen atoms in total. The number of carbonyl (C=O) groups excluding carboxylic acids is 1. The van der Waals surface area contributed by atoms with Crippen molar-refractivity contribution in [2.75, 3.05) is 0 Å². The van der Waals surface area contributed by atoms with Gasteiger partial charge in [0.25, 0.3) is 5.56 Å². The van der Waals surface area contributed by atoms with Gasteiger partial charge in [-0.05, 0) is 37.0 Å². The van der Waals surface area contributed by atoms with E-state index in [2.05, 4.69) is 20.3 Å². The molecule has 0 aliphatic heterocycles. The van der Waals surface area contributed by atoms with Crippen LogP contribution in [0.3, 0.4) is 0 Å². The van der Waals surface area contributed by atoms with Crippen LogP contribution in [0, 0.1) is 5.82 Å². The van der Waals surface area contributed by atoms with Crippen LogP contribution in [0.25, 0.3) is 11.2 Å². The number of thioether (sulfide) groups is 1. The van der Waals surface area contributed by atoms with Crippen molar-refractivity contribution in [3.05, 3.63) is 58.4 Å². The maximum Gasteiger partial charge on any atom is 0.282 e. The van der Waals surface area contributed by atoms with E-state index in [-0.39, 0.29) is 41.0 Å². The Balaban J connectivity index is 1.65. The molecular weight excluding hydrogens is 429 g/mol. The van der Waals surface area contributed by atoms with E-state index in [0.29, 0.717) is 11.6 Å². The van der Waals surface area contributed by atoms with Crippen molar-refractivity contribution in [1.29, 1.82) is 0 Å². The van der Waals surface area contributed by atoms with E-state index in [4.69, 9.17) is 0 Å². The third-order valence-corrected chi connectivity index (χ3v) is 7.03. The highest BCUT2D eigenvalue weighted by molar-refractivity contribution is 8.00. The number of halogens is 1. The molecule has 3 aromatic rings. The van der Waals surface area contributed by atoms with Crippen molar-refractivity contribution in [2.45, 2.75) is 68.4 Å². The van der Waals surface area contributed by atoms with Gasteiger partial charge in [-0.1, -0.05) is 50.1 Å². The first kappa shape index (κ1) is 22.4. The number of rotatable bonds is 7. The number of hydrogen-bond donors (Lipinski definition) is 1. The summed E-state index contributed by atoms with van der Waals surface area (Å²) in [5.74, 6) is -0.380. The number of hydrogen-bond acceptors (Lipinski definition) is 6. The average molecular weight is 456 g/mol. The summed E-state index contributed by atoms with van der Waals surface area (Å²) in [4.78, 5) is 39.1. The molecule has 0 saturated heterocycles. The van der Waals surface area contributed by atoms with Crippen molar-refractivity contribution in [1.82, 2.24) is 24.8 Å². The molecule has 1 atom stereocenters. The van der Waals surface area contributed by atoms with Gasteiger partial charge in [0.15, 0.2) is 16.3 Å². The van der Waals surface area contributed by atoms with E-state index < -0.39 is 5.25 Å². The minimum absolute atomic E-state index is 0.0359. The molecule has 1 aromatic carbocycles. The third-order valence-electron chi connectivity index (χ3n) is 5.68. The highest BCUT2D eigenvalue weighted by atomic mass is 32.2. The number of nitrogens with zero attached hydrogens (tertiary/aromatic N) is 4. The van der Waals surface area contributed by atoms with Gasteiger partial charge in [-0.15, -0.1) is 0 Å². The van der Waals surface area contributed by atoms with Crippen molar-refractivity contribution < 1.29 is 9.18 Å². The second kappa shape index (κ2) is 10.2. The fourth-order valence-electron chi connectivity index (χ4n) is 3.92. The van der Waals surface area contributed by atoms with Gasteiger partial charge in [0.1, 0.15) is 5.82 Å². The van der Waals surface area contributed by atoms with Gasteiger partial charge >= 0.3 is 0 Å². The van der Waals surface area contributed by atoms with Gasteiger partial charge in [0, 0.05) is 18.4 Å². The number of benzene rings is 1. The molecule has 4 rings (SSSR count). The van der Waals surface area contributed by atoms with Gasteiger partial charge in [-0.3, -0.25) is 14.2 Å². The number of amides is 1. The third kappa shape index (κ3) is 5.15. The molecule has 0 bridgehead atoms. The lowest BCUT2D eigenvalue weighted by atomic mass is 9.95. The first-order chi connectivity index (χ1) is 15.5. The number of aromatic nitrogens is 4. The van der Waals surface area contributed by atoms with Crippen LogP contribution in [0.15, 0.2) is 46.6 Å². The predicted molar refractivity (Wildman–Crippen MR) is 122 cm³/mol. The average Bonchev–Trinajstić information content (AvgIpc) is 2.81. The van der Waals surface area contributed by atoms with Gasteiger partial charge in [-0.2, -0.15) is 0 Å². The molecule has 2 aromatic heterocycles. The molecule has 1 fully saturated rings. The van der Waals surface area contributed by atoms with E-state index in [1.54, 1.807) is 12.1 Å². The number of carbonyl (C=O) groups is 1. The summed E-state index contributed by atoms with van der Waals surface area (Å²) in [6, 6.07) is 6.18. The van der Waals surface area contributed by atoms with E-state index in [0.717, 1.165) is 31.2 Å². The van der Waals surface area contributed by atoms with Crippen LogP contribution in [-0.4, -0.2) is 36.7 Å². The highest BCUT2D eigenvalue weighted by Gasteiger charge is 2.25. The van der Waals surface area contributed by atoms with Gasteiger partial charge in [-0.25, -0.2) is 19.3 Å². The Bertz CT molecular complexity index is 1150. The van der Waals surface area contributed by atoms with E-state index >= 15 is 0 Å². The van der Waals surface area contributed by atoms with Gasteiger partial charge in [0.05, 0.1) is 11.8 Å². The second-order valence-corrected chi connectivity index (χ2v) is 9.17. The van der Waals surface area contributed by atoms with Crippen LogP contribution in [0.5, 0.6) is 0 Å². The van der Waals surface area contributed by atoms with Crippen LogP contribution in [0.2, 0.25) is 0 Å². The van der Waals surface area contributed by atoms with Gasteiger partial charge in [0.2, 0.25) is 5.91 Å². The lowest BCUT2D eigenvalue weighted by Gasteiger charge is -2.25. The zero-order valence-electron chi connectivity index (χ0n) is 18.0. The molecule has 0 radical (unpaired) electrons. The fraction of sp³-hybridized carbons (Fsp3) is 0.435. The lowest BCUT2D eigenvalue weighted by Crippen LogP contribution is -2.41. The SMILES string of the molecule is CC[C@H](Sc1nc2nccnc2c(=O)n1Cc1ccc(F)cc1)C(=O)NC1CCCCC1. The summed E-state index contributed by atoms with van der Waals surface area (Å²) in [5, 5.41) is 3.18. The second-order valence-electron chi connectivity index (χ2n) is 8.00. The smallest absolute Gasteiger partial charge is 0.282 e. The fourth-order valence-corrected chi connectivity index (χ4v) is 4.93. The molecule has 9 heteroatoms. The van der Waals surface area contributed by atoms with Crippen LogP contribution in [0.4, 0.5) is 4.39 Å². The van der Waals surface area contributed by atoms with Crippen molar-refractivity contribution in [2.24, 2.45) is 0 Å². The Morgan fingerprint density at radius 1 is 1.19 bits per heavy atom. The molecule has 1 saturated carbocycles. The molecule has 1 aliphatic rings. The summed E-state index contributed by atoms with van der Waals surface area (Å²) in [5.41, 5.74) is 0.828. The monoisotopic (exact) mass is 455 g/mol. The molecule has 32 heavy (non-hydrogen) atoms. The Morgan fingerprint density at radius 2 is 1.91 bits per heavy atom. The normalized spacial score (nSPS) is 15.6. The van der Waals surface area contributed by atoms with Crippen LogP contribution < -0.4 is 10.9 Å². The standard InChI is InChI=1S/C23H26FN5O2S/c1-2-18(21(30)27-17-6-4-3-5-7-17)32-23-28-20-19(25-12-13-26-20)22(31)29(23)14-15-8-10-16(24)11-9-15/h8-13,17-18H,2-7,14H2,1H3,(H,27,30)/t18-/m0/s1. The van der Waals surface area contributed by atoms with Gasteiger partial charge < -0.3 is 5.32 Å². The minimum Gasteiger partial charge on any atom is -0.352 e. The molecule has 1 N–H and O–H groups in total. The van der Waals surface area contributed by atoms with Crippen molar-refractivity contribution in [3.63, 3.8) is 0 Å². The van der Waals surface area contributed by atoms with Crippen LogP contribution >= 0.6 is 11.8 Å². The minimum atomic E-state index is -0.391. The molecule has 168 valence electrons. The lowest BCUT2D eigenvalue weighted by molar-refractivity contribution is -0.121. The molecule has 1 amide bonds. The summed E-state index contributed by atoms with van der Waals surface area (Å²) < 4.78 is 14.8. The van der Waals surface area contributed by atoms with E-state index in [1.165, 1.54) is 47.3 Å². The van der Waals surface area contributed by atoms with E-state index in [9.17, 15) is 14.0 Å². The number of nitrogens with one attached hydrogen (secondary N) is 1. The molecular formula is C23H26FN5O2S. The Kier molecular flexibility index (Phi) is 7.14. The summed E-state index contributed by atoms with van der Waals surface area (Å²) in [6.07, 6.45) is 9.03. The quantitative estimate of drug-likeness (QED) is 0.432. The van der Waals surface area contributed by atoms with Crippen LogP contribution in [-0.2, 0) is 11.3 Å². The Morgan fingerprint density at radius 3 is 2.62 bits per heavy atom. The van der Waals surface area contributed by atoms with Crippen molar-refractivity contribution in [3.8, 4) is 0 Å². The van der Waals surface area contributed by atoms with Crippen LogP contribution in [0.1, 0.15) is 51.0 Å². The summed E-state index contributed by atoms with van der Waals surface area (Å²) in [7, 11) is 0. The molecule has 1 aliphatic carbocycles. The largest absolute Gasteiger partial charge is 0.352 e. The molecule has 0 spiro atoms. The summed E-state index contributed by atoms with van der Waals surface area (Å²) >= 11 is 1.26. The Labute approximate surface area is 189 Å². The zero-order chi connectivity index (χ0) is 22.5. The first-order valence-corrected chi connectivity index (χ1v) is 11.9. The van der Waals surface area contributed by atoms with E-state index in [1.807, 2.05) is 6.92 Å². The molecule has 0 unspecified atom stereocenters. The number of fused-ring (bicyclic) bond motifs is 1. The predicted octanol–water partition coefficient (Wildman–Crippen LogP) is 3.69. The Hall–Kier alpha value is -2.81. The van der Waals surface area contributed by atoms with Crippen molar-refractivity contribution >= 4 is 28.8 Å².